The van der Waals surface area contributed by atoms with Crippen LogP contribution in [0.1, 0.15) is 63.0 Å². The summed E-state index contributed by atoms with van der Waals surface area (Å²) in [6.07, 6.45) is 6.55. The van der Waals surface area contributed by atoms with E-state index in [1.54, 1.807) is 0 Å². The lowest BCUT2D eigenvalue weighted by Gasteiger charge is -2.18. The van der Waals surface area contributed by atoms with E-state index < -0.39 is 0 Å². The van der Waals surface area contributed by atoms with Gasteiger partial charge in [-0.2, -0.15) is 0 Å². The molecule has 0 aliphatic carbocycles. The Hall–Kier alpha value is -0.820. The van der Waals surface area contributed by atoms with Crippen molar-refractivity contribution in [2.75, 3.05) is 13.1 Å². The molecule has 1 N–H and O–H groups in total. The van der Waals surface area contributed by atoms with Crippen molar-refractivity contribution >= 4 is 0 Å². The Morgan fingerprint density at radius 3 is 2.33 bits per heavy atom. The van der Waals surface area contributed by atoms with Crippen LogP contribution in [0.3, 0.4) is 0 Å². The summed E-state index contributed by atoms with van der Waals surface area (Å²) in [5.74, 6) is 0.684. The molecule has 0 bridgehead atoms. The standard InChI is InChI=1S/C17H29N/c1-4-6-7-8-17(14-18-13-5-2)16-11-9-15(3)10-12-16/h9-12,17-18H,4-8,13-14H2,1-3H3. The van der Waals surface area contributed by atoms with E-state index in [1.165, 1.54) is 43.2 Å². The van der Waals surface area contributed by atoms with Crippen molar-refractivity contribution in [3.63, 3.8) is 0 Å². The van der Waals surface area contributed by atoms with Gasteiger partial charge < -0.3 is 5.32 Å². The largest absolute Gasteiger partial charge is 0.316 e. The highest BCUT2D eigenvalue weighted by atomic mass is 14.8. The molecule has 1 heteroatoms. The van der Waals surface area contributed by atoms with E-state index in [9.17, 15) is 0 Å². The van der Waals surface area contributed by atoms with Crippen LogP contribution in [0.5, 0.6) is 0 Å². The molecule has 1 aromatic carbocycles. The first-order valence-electron chi connectivity index (χ1n) is 7.55. The summed E-state index contributed by atoms with van der Waals surface area (Å²) < 4.78 is 0. The average Bonchev–Trinajstić information content (AvgIpc) is 2.38. The van der Waals surface area contributed by atoms with Crippen molar-refractivity contribution in [2.45, 2.75) is 58.8 Å². The molecule has 1 nitrogen and oxygen atoms in total. The Morgan fingerprint density at radius 1 is 1.00 bits per heavy atom. The van der Waals surface area contributed by atoms with Crippen LogP contribution in [0.2, 0.25) is 0 Å². The number of unbranched alkanes of at least 4 members (excludes halogenated alkanes) is 2. The van der Waals surface area contributed by atoms with Crippen LogP contribution in [0.15, 0.2) is 24.3 Å². The molecular weight excluding hydrogens is 218 g/mol. The van der Waals surface area contributed by atoms with Crippen molar-refractivity contribution in [2.24, 2.45) is 0 Å². The molecule has 0 aliphatic rings. The number of aryl methyl sites for hydroxylation is 1. The van der Waals surface area contributed by atoms with Crippen LogP contribution < -0.4 is 5.32 Å². The second-order valence-corrected chi connectivity index (χ2v) is 5.31. The van der Waals surface area contributed by atoms with Crippen LogP contribution in [0, 0.1) is 6.92 Å². The molecule has 0 saturated carbocycles. The predicted molar refractivity (Wildman–Crippen MR) is 81.2 cm³/mol. The van der Waals surface area contributed by atoms with Gasteiger partial charge in [0.25, 0.3) is 0 Å². The molecule has 0 amide bonds. The summed E-state index contributed by atoms with van der Waals surface area (Å²) >= 11 is 0. The van der Waals surface area contributed by atoms with Crippen molar-refractivity contribution in [3.8, 4) is 0 Å². The highest BCUT2D eigenvalue weighted by Crippen LogP contribution is 2.22. The van der Waals surface area contributed by atoms with Crippen molar-refractivity contribution < 1.29 is 0 Å². The topological polar surface area (TPSA) is 12.0 Å². The average molecular weight is 247 g/mol. The van der Waals surface area contributed by atoms with Gasteiger partial charge in [-0.25, -0.2) is 0 Å². The molecule has 1 unspecified atom stereocenters. The second-order valence-electron chi connectivity index (χ2n) is 5.31. The Bertz CT molecular complexity index is 292. The van der Waals surface area contributed by atoms with E-state index in [2.05, 4.69) is 50.4 Å². The lowest BCUT2D eigenvalue weighted by molar-refractivity contribution is 0.519. The molecule has 102 valence electrons. The van der Waals surface area contributed by atoms with E-state index in [0.717, 1.165) is 13.1 Å². The van der Waals surface area contributed by atoms with Gasteiger partial charge in [0.15, 0.2) is 0 Å². The minimum Gasteiger partial charge on any atom is -0.316 e. The normalized spacial score (nSPS) is 12.6. The van der Waals surface area contributed by atoms with Crippen molar-refractivity contribution in [3.05, 3.63) is 35.4 Å². The summed E-state index contributed by atoms with van der Waals surface area (Å²) in [4.78, 5) is 0. The maximum atomic E-state index is 3.58. The molecule has 1 aromatic rings. The summed E-state index contributed by atoms with van der Waals surface area (Å²) in [6, 6.07) is 9.09. The number of nitrogens with one attached hydrogen (secondary N) is 1. The molecule has 18 heavy (non-hydrogen) atoms. The van der Waals surface area contributed by atoms with Gasteiger partial charge in [0.05, 0.1) is 0 Å². The molecule has 1 rings (SSSR count). The molecule has 0 radical (unpaired) electrons. The van der Waals surface area contributed by atoms with Gasteiger partial charge in [0.2, 0.25) is 0 Å². The van der Waals surface area contributed by atoms with Crippen LogP contribution in [-0.4, -0.2) is 13.1 Å². The number of benzene rings is 1. The van der Waals surface area contributed by atoms with Crippen molar-refractivity contribution in [1.29, 1.82) is 0 Å². The Labute approximate surface area is 113 Å². The lowest BCUT2D eigenvalue weighted by Crippen LogP contribution is -2.22. The zero-order chi connectivity index (χ0) is 13.2. The van der Waals surface area contributed by atoms with E-state index >= 15 is 0 Å². The highest BCUT2D eigenvalue weighted by molar-refractivity contribution is 5.24. The molecule has 0 saturated heterocycles. The minimum absolute atomic E-state index is 0.684. The second kappa shape index (κ2) is 9.16. The number of rotatable bonds is 9. The zero-order valence-electron chi connectivity index (χ0n) is 12.3. The SMILES string of the molecule is CCCCCC(CNCCC)c1ccc(C)cc1. The maximum Gasteiger partial charge on any atom is 0.00201 e. The van der Waals surface area contributed by atoms with Gasteiger partial charge in [0.1, 0.15) is 0 Å². The summed E-state index contributed by atoms with van der Waals surface area (Å²) in [5, 5.41) is 3.58. The summed E-state index contributed by atoms with van der Waals surface area (Å²) in [7, 11) is 0. The third-order valence-corrected chi connectivity index (χ3v) is 3.52. The molecule has 0 heterocycles. The molecule has 1 atom stereocenters. The number of hydrogen-bond acceptors (Lipinski definition) is 1. The first-order chi connectivity index (χ1) is 8.77. The van der Waals surface area contributed by atoms with Gasteiger partial charge in [-0.1, -0.05) is 62.9 Å². The Balaban J connectivity index is 2.54. The first kappa shape index (κ1) is 15.2. The van der Waals surface area contributed by atoms with Gasteiger partial charge >= 0.3 is 0 Å². The van der Waals surface area contributed by atoms with E-state index in [-0.39, 0.29) is 0 Å². The van der Waals surface area contributed by atoms with Crippen molar-refractivity contribution in [1.82, 2.24) is 5.32 Å². The molecule has 0 aromatic heterocycles. The third-order valence-electron chi connectivity index (χ3n) is 3.52. The van der Waals surface area contributed by atoms with E-state index in [0.29, 0.717) is 5.92 Å². The summed E-state index contributed by atoms with van der Waals surface area (Å²) in [5.41, 5.74) is 2.85. The highest BCUT2D eigenvalue weighted by Gasteiger charge is 2.10. The molecular formula is C17H29N. The summed E-state index contributed by atoms with van der Waals surface area (Å²) in [6.45, 7) is 8.92. The van der Waals surface area contributed by atoms with E-state index in [4.69, 9.17) is 0 Å². The van der Waals surface area contributed by atoms with Crippen LogP contribution in [0.4, 0.5) is 0 Å². The Kier molecular flexibility index (Phi) is 7.75. The number of hydrogen-bond donors (Lipinski definition) is 1. The van der Waals surface area contributed by atoms with Gasteiger partial charge in [-0.15, -0.1) is 0 Å². The fraction of sp³-hybridized carbons (Fsp3) is 0.647. The van der Waals surface area contributed by atoms with Gasteiger partial charge in [-0.3, -0.25) is 0 Å². The monoisotopic (exact) mass is 247 g/mol. The van der Waals surface area contributed by atoms with Gasteiger partial charge in [-0.05, 0) is 37.8 Å². The molecule has 0 aliphatic heterocycles. The van der Waals surface area contributed by atoms with Crippen LogP contribution in [-0.2, 0) is 0 Å². The quantitative estimate of drug-likeness (QED) is 0.626. The maximum absolute atomic E-state index is 3.58. The van der Waals surface area contributed by atoms with Crippen LogP contribution in [0.25, 0.3) is 0 Å². The third kappa shape index (κ3) is 5.68. The first-order valence-corrected chi connectivity index (χ1v) is 7.55. The molecule has 0 spiro atoms. The fourth-order valence-electron chi connectivity index (χ4n) is 2.32. The Morgan fingerprint density at radius 2 is 1.72 bits per heavy atom. The predicted octanol–water partition coefficient (Wildman–Crippen LogP) is 4.66. The van der Waals surface area contributed by atoms with E-state index in [1.807, 2.05) is 0 Å². The van der Waals surface area contributed by atoms with Gasteiger partial charge in [0, 0.05) is 6.54 Å². The minimum atomic E-state index is 0.684. The molecule has 0 fully saturated rings. The lowest BCUT2D eigenvalue weighted by atomic mass is 9.92. The van der Waals surface area contributed by atoms with Crippen LogP contribution >= 0.6 is 0 Å². The zero-order valence-corrected chi connectivity index (χ0v) is 12.3. The fourth-order valence-corrected chi connectivity index (χ4v) is 2.32. The smallest absolute Gasteiger partial charge is 0.00201 e.